The molecule has 1 aliphatic rings. The predicted octanol–water partition coefficient (Wildman–Crippen LogP) is 1.83. The number of carboxylic acid groups (broad SMARTS) is 2. The van der Waals surface area contributed by atoms with Gasteiger partial charge in [-0.25, -0.2) is 14.0 Å². The third-order valence-corrected chi connectivity index (χ3v) is 5.36. The Kier molecular flexibility index (Phi) is 8.76. The molecule has 0 radical (unpaired) electrons. The van der Waals surface area contributed by atoms with Crippen LogP contribution in [0.3, 0.4) is 0 Å². The summed E-state index contributed by atoms with van der Waals surface area (Å²) in [5, 5.41) is 19.4. The van der Waals surface area contributed by atoms with Crippen LogP contribution in [-0.4, -0.2) is 73.6 Å². The Labute approximate surface area is 217 Å². The van der Waals surface area contributed by atoms with Crippen molar-refractivity contribution < 1.29 is 42.1 Å². The second-order valence-corrected chi connectivity index (χ2v) is 7.95. The van der Waals surface area contributed by atoms with Gasteiger partial charge in [0.25, 0.3) is 5.56 Å². The Hall–Kier alpha value is -4.65. The molecule has 1 aromatic carbocycles. The zero-order chi connectivity index (χ0) is 28.9. The fourth-order valence-electron chi connectivity index (χ4n) is 3.45. The number of halogens is 4. The maximum Gasteiger partial charge on any atom is 0.490 e. The van der Waals surface area contributed by atoms with Crippen LogP contribution in [0.15, 0.2) is 23.0 Å². The molecule has 3 aromatic rings. The molecule has 12 nitrogen and oxygen atoms in total. The minimum atomic E-state index is -5.08. The van der Waals surface area contributed by atoms with Gasteiger partial charge in [0.15, 0.2) is 22.7 Å². The van der Waals surface area contributed by atoms with Crippen LogP contribution in [0, 0.1) is 17.7 Å². The summed E-state index contributed by atoms with van der Waals surface area (Å²) in [6.45, 7) is 4.99. The van der Waals surface area contributed by atoms with E-state index in [1.807, 2.05) is 0 Å². The number of piperazine rings is 1. The van der Waals surface area contributed by atoms with Gasteiger partial charge in [0.2, 0.25) is 5.95 Å². The summed E-state index contributed by atoms with van der Waals surface area (Å²) in [7, 11) is 1.46. The maximum atomic E-state index is 14.3. The van der Waals surface area contributed by atoms with Crippen molar-refractivity contribution in [3.63, 3.8) is 0 Å². The average Bonchev–Trinajstić information content (AvgIpc) is 3.25. The number of carboxylic acids is 2. The molecule has 0 unspecified atom stereocenters. The van der Waals surface area contributed by atoms with Gasteiger partial charge in [-0.3, -0.25) is 13.9 Å². The van der Waals surface area contributed by atoms with E-state index in [1.165, 1.54) is 19.2 Å². The lowest BCUT2D eigenvalue weighted by molar-refractivity contribution is -0.192. The molecule has 208 valence electrons. The summed E-state index contributed by atoms with van der Waals surface area (Å²) in [4.78, 5) is 44.1. The van der Waals surface area contributed by atoms with E-state index in [0.717, 1.165) is 23.7 Å². The number of rotatable bonds is 5. The first kappa shape index (κ1) is 28.9. The molecule has 0 aliphatic carbocycles. The highest BCUT2D eigenvalue weighted by atomic mass is 19.4. The van der Waals surface area contributed by atoms with E-state index >= 15 is 0 Å². The van der Waals surface area contributed by atoms with E-state index in [2.05, 4.69) is 32.0 Å². The van der Waals surface area contributed by atoms with E-state index in [-0.39, 0.29) is 35.0 Å². The number of alkyl halides is 3. The van der Waals surface area contributed by atoms with Gasteiger partial charge >= 0.3 is 24.1 Å². The molecule has 39 heavy (non-hydrogen) atoms. The Morgan fingerprint density at radius 2 is 1.82 bits per heavy atom. The number of aromatic nitrogens is 4. The van der Waals surface area contributed by atoms with Crippen molar-refractivity contribution >= 4 is 29.1 Å². The zero-order valence-electron chi connectivity index (χ0n) is 20.5. The van der Waals surface area contributed by atoms with E-state index < -0.39 is 29.5 Å². The molecule has 3 N–H and O–H groups in total. The highest BCUT2D eigenvalue weighted by Gasteiger charge is 2.38. The number of aromatic carboxylic acids is 1. The smallest absolute Gasteiger partial charge is 0.478 e. The highest BCUT2D eigenvalue weighted by molar-refractivity contribution is 5.87. The number of nitrogens with one attached hydrogen (secondary N) is 1. The van der Waals surface area contributed by atoms with E-state index in [1.54, 1.807) is 11.5 Å². The van der Waals surface area contributed by atoms with Crippen molar-refractivity contribution in [1.29, 1.82) is 0 Å². The molecule has 0 amide bonds. The van der Waals surface area contributed by atoms with Crippen molar-refractivity contribution in [2.24, 2.45) is 7.05 Å². The lowest BCUT2D eigenvalue weighted by Gasteiger charge is -2.28. The molecule has 0 atom stereocenters. The van der Waals surface area contributed by atoms with Gasteiger partial charge in [0.1, 0.15) is 0 Å². The first-order valence-corrected chi connectivity index (χ1v) is 11.2. The van der Waals surface area contributed by atoms with Crippen LogP contribution in [0.4, 0.5) is 23.5 Å². The zero-order valence-corrected chi connectivity index (χ0v) is 20.5. The number of ether oxygens (including phenoxy) is 1. The van der Waals surface area contributed by atoms with Crippen LogP contribution >= 0.6 is 0 Å². The van der Waals surface area contributed by atoms with Gasteiger partial charge in [-0.1, -0.05) is 5.92 Å². The lowest BCUT2D eigenvalue weighted by Crippen LogP contribution is -2.44. The third-order valence-electron chi connectivity index (χ3n) is 5.36. The van der Waals surface area contributed by atoms with Crippen LogP contribution < -0.4 is 20.5 Å². The summed E-state index contributed by atoms with van der Waals surface area (Å²) >= 11 is 0. The minimum absolute atomic E-state index is 0.164. The van der Waals surface area contributed by atoms with Crippen LogP contribution in [0.2, 0.25) is 0 Å². The molecule has 3 heterocycles. The number of anilines is 1. The summed E-state index contributed by atoms with van der Waals surface area (Å²) in [5.74, 6) is 1.23. The van der Waals surface area contributed by atoms with Crippen LogP contribution in [0.1, 0.15) is 17.3 Å². The van der Waals surface area contributed by atoms with Crippen molar-refractivity contribution in [2.45, 2.75) is 19.6 Å². The van der Waals surface area contributed by atoms with Gasteiger partial charge in [-0.2, -0.15) is 23.1 Å². The summed E-state index contributed by atoms with van der Waals surface area (Å²) in [5.41, 5.74) is -0.196. The molecule has 1 saturated heterocycles. The fraction of sp³-hybridized carbons (Fsp3) is 0.348. The Bertz CT molecular complexity index is 1520. The second kappa shape index (κ2) is 11.8. The standard InChI is InChI=1S/C21H21FN6O4.C2HF3O2/c1-3-4-9-28-16-17(24-20(28)27-10-7-23-8-11-27)25-21(26(2)18(16)29)32-15-6-5-13(19(30)31)12-14(15)22;3-2(4,5)1(6)7/h5-6,12,23H,7-11H2,1-2H3,(H,30,31);(H,6,7). The molecule has 2 aromatic heterocycles. The second-order valence-electron chi connectivity index (χ2n) is 7.95. The number of fused-ring (bicyclic) bond motifs is 1. The molecule has 1 fully saturated rings. The molecule has 0 saturated carbocycles. The van der Waals surface area contributed by atoms with Gasteiger partial charge in [0.05, 0.1) is 12.1 Å². The van der Waals surface area contributed by atoms with Crippen molar-refractivity contribution in [3.05, 3.63) is 39.9 Å². The lowest BCUT2D eigenvalue weighted by atomic mass is 10.2. The van der Waals surface area contributed by atoms with Crippen molar-refractivity contribution in [2.75, 3.05) is 31.1 Å². The summed E-state index contributed by atoms with van der Waals surface area (Å²) < 4.78 is 54.5. The number of aliphatic carboxylic acids is 1. The summed E-state index contributed by atoms with van der Waals surface area (Å²) in [6.07, 6.45) is -5.08. The Balaban J connectivity index is 0.000000532. The Morgan fingerprint density at radius 1 is 1.18 bits per heavy atom. The largest absolute Gasteiger partial charge is 0.490 e. The molecule has 1 aliphatic heterocycles. The molecule has 0 spiro atoms. The quantitative estimate of drug-likeness (QED) is 0.315. The molecular weight excluding hydrogens is 532 g/mol. The first-order valence-electron chi connectivity index (χ1n) is 11.2. The van der Waals surface area contributed by atoms with Crippen LogP contribution in [-0.2, 0) is 18.4 Å². The van der Waals surface area contributed by atoms with Crippen molar-refractivity contribution in [1.82, 2.24) is 24.4 Å². The monoisotopic (exact) mass is 554 g/mol. The van der Waals surface area contributed by atoms with Crippen LogP contribution in [0.5, 0.6) is 11.8 Å². The Morgan fingerprint density at radius 3 is 2.36 bits per heavy atom. The first-order chi connectivity index (χ1) is 18.3. The minimum Gasteiger partial charge on any atom is -0.478 e. The number of carbonyl (C=O) groups is 2. The fourth-order valence-corrected chi connectivity index (χ4v) is 3.45. The number of nitrogens with zero attached hydrogens (tertiary/aromatic N) is 5. The van der Waals surface area contributed by atoms with Gasteiger partial charge in [-0.15, -0.1) is 5.92 Å². The number of hydrogen-bond acceptors (Lipinski definition) is 8. The van der Waals surface area contributed by atoms with Gasteiger partial charge < -0.3 is 25.2 Å². The van der Waals surface area contributed by atoms with E-state index in [4.69, 9.17) is 19.7 Å². The summed E-state index contributed by atoms with van der Waals surface area (Å²) in [6, 6.07) is 3.06. The van der Waals surface area contributed by atoms with E-state index in [9.17, 15) is 27.2 Å². The predicted molar refractivity (Wildman–Crippen MR) is 128 cm³/mol. The topological polar surface area (TPSA) is 152 Å². The molecule has 0 bridgehead atoms. The average molecular weight is 554 g/mol. The maximum absolute atomic E-state index is 14.3. The van der Waals surface area contributed by atoms with Crippen LogP contribution in [0.25, 0.3) is 11.2 Å². The van der Waals surface area contributed by atoms with Gasteiger partial charge in [0, 0.05) is 33.2 Å². The van der Waals surface area contributed by atoms with E-state index in [0.29, 0.717) is 19.0 Å². The number of hydrogen-bond donors (Lipinski definition) is 3. The number of benzene rings is 1. The third kappa shape index (κ3) is 6.62. The van der Waals surface area contributed by atoms with Crippen molar-refractivity contribution in [3.8, 4) is 23.6 Å². The molecule has 4 rings (SSSR count). The molecule has 16 heteroatoms. The highest BCUT2D eigenvalue weighted by Crippen LogP contribution is 2.26. The molecular formula is C23H22F4N6O6. The van der Waals surface area contributed by atoms with Gasteiger partial charge in [-0.05, 0) is 25.1 Å². The SMILES string of the molecule is CC#CCn1c(N2CCNCC2)nc2nc(Oc3ccc(C(=O)O)cc3F)n(C)c(=O)c21.O=C(O)C(F)(F)F. The normalized spacial score (nSPS) is 13.2. The number of imidazole rings is 1.